The number of carbonyl (C=O) groups excluding carboxylic acids is 1. The second-order valence-corrected chi connectivity index (χ2v) is 3.35. The van der Waals surface area contributed by atoms with Crippen LogP contribution in [0.2, 0.25) is 0 Å². The molecule has 0 radical (unpaired) electrons. The van der Waals surface area contributed by atoms with Crippen LogP contribution in [0.4, 0.5) is 16.4 Å². The van der Waals surface area contributed by atoms with Gasteiger partial charge in [0.1, 0.15) is 0 Å². The van der Waals surface area contributed by atoms with Crippen molar-refractivity contribution < 1.29 is 19.4 Å². The lowest BCUT2D eigenvalue weighted by atomic mass is 10.3. The molecule has 2 rings (SSSR count). The third-order valence-corrected chi connectivity index (χ3v) is 2.23. The quantitative estimate of drug-likeness (QED) is 0.631. The number of carboxylic acid groups (broad SMARTS) is 1. The maximum Gasteiger partial charge on any atom is 0.423 e. The normalized spacial score (nSPS) is 13.4. The molecule has 0 aliphatic carbocycles. The highest BCUT2D eigenvalue weighted by Gasteiger charge is 2.20. The molecule has 0 atom stereocenters. The average molecular weight is 241 g/mol. The van der Waals surface area contributed by atoms with Crippen LogP contribution < -0.4 is 14.4 Å². The number of ether oxygens (including phenoxy) is 1. The summed E-state index contributed by atoms with van der Waals surface area (Å²) >= 11 is 3.72. The lowest BCUT2D eigenvalue weighted by Crippen LogP contribution is -2.27. The fourth-order valence-electron chi connectivity index (χ4n) is 1.17. The number of amides is 2. The number of rotatable bonds is 1. The van der Waals surface area contributed by atoms with Crippen molar-refractivity contribution in [3.63, 3.8) is 0 Å². The number of thiol groups is 1. The van der Waals surface area contributed by atoms with Gasteiger partial charge >= 0.3 is 6.09 Å². The van der Waals surface area contributed by atoms with Crippen molar-refractivity contribution in [2.75, 3.05) is 16.2 Å². The van der Waals surface area contributed by atoms with E-state index in [0.717, 1.165) is 0 Å². The first-order valence-electron chi connectivity index (χ1n) is 4.23. The molecule has 2 amide bonds. The highest BCUT2D eigenvalue weighted by Crippen LogP contribution is 2.28. The minimum Gasteiger partial charge on any atom is -0.480 e. The molecule has 0 fully saturated rings. The van der Waals surface area contributed by atoms with Gasteiger partial charge in [-0.05, 0) is 12.1 Å². The van der Waals surface area contributed by atoms with Gasteiger partial charge in [0, 0.05) is 0 Å². The van der Waals surface area contributed by atoms with Gasteiger partial charge < -0.3 is 15.2 Å². The molecule has 0 aromatic carbocycles. The summed E-state index contributed by atoms with van der Waals surface area (Å²) < 4.78 is 5.71. The topological polar surface area (TPSA) is 91.8 Å². The minimum absolute atomic E-state index is 0.0719. The molecular formula is C8H7N3O4S. The Morgan fingerprint density at radius 1 is 1.62 bits per heavy atom. The Kier molecular flexibility index (Phi) is 2.57. The van der Waals surface area contributed by atoms with E-state index in [0.29, 0.717) is 10.1 Å². The number of aromatic nitrogens is 1. The molecule has 1 aliphatic heterocycles. The second kappa shape index (κ2) is 3.89. The first-order valence-corrected chi connectivity index (χ1v) is 4.63. The van der Waals surface area contributed by atoms with E-state index in [9.17, 15) is 9.59 Å². The van der Waals surface area contributed by atoms with Crippen molar-refractivity contribution >= 4 is 36.5 Å². The molecule has 0 unspecified atom stereocenters. The van der Waals surface area contributed by atoms with Crippen LogP contribution in [0.1, 0.15) is 0 Å². The maximum atomic E-state index is 11.0. The first kappa shape index (κ1) is 10.6. The van der Waals surface area contributed by atoms with Crippen LogP contribution >= 0.6 is 12.8 Å². The maximum absolute atomic E-state index is 11.0. The Labute approximate surface area is 95.6 Å². The molecule has 0 saturated carbocycles. The first-order chi connectivity index (χ1) is 7.58. The molecular weight excluding hydrogens is 234 g/mol. The summed E-state index contributed by atoms with van der Waals surface area (Å²) in [5.74, 6) is 0.336. The van der Waals surface area contributed by atoms with Crippen LogP contribution in [0.15, 0.2) is 12.1 Å². The third-order valence-electron chi connectivity index (χ3n) is 1.86. The van der Waals surface area contributed by atoms with E-state index in [4.69, 9.17) is 9.84 Å². The highest BCUT2D eigenvalue weighted by atomic mass is 32.1. The Bertz CT molecular complexity index is 465. The Morgan fingerprint density at radius 2 is 2.38 bits per heavy atom. The molecule has 2 heterocycles. The van der Waals surface area contributed by atoms with Crippen molar-refractivity contribution in [2.45, 2.75) is 0 Å². The molecule has 7 nitrogen and oxygen atoms in total. The van der Waals surface area contributed by atoms with Gasteiger partial charge in [-0.25, -0.2) is 14.1 Å². The summed E-state index contributed by atoms with van der Waals surface area (Å²) in [6.07, 6.45) is -1.26. The van der Waals surface area contributed by atoms with E-state index < -0.39 is 6.09 Å². The van der Waals surface area contributed by atoms with Crippen molar-refractivity contribution in [3.8, 4) is 5.75 Å². The standard InChI is InChI=1S/C8H7N3O4S/c12-6-3-15-4-1-2-5(9-7(4)10-6)11(16)8(13)14/h1-2,16H,3H2,(H,13,14)(H,9,10,12). The van der Waals surface area contributed by atoms with Gasteiger partial charge in [-0.3, -0.25) is 4.79 Å². The van der Waals surface area contributed by atoms with Crippen LogP contribution in [0.5, 0.6) is 5.75 Å². The monoisotopic (exact) mass is 241 g/mol. The molecule has 0 spiro atoms. The Balaban J connectivity index is 2.34. The number of nitrogens with one attached hydrogen (secondary N) is 1. The number of hydrogen-bond donors (Lipinski definition) is 3. The van der Waals surface area contributed by atoms with Crippen molar-refractivity contribution in [3.05, 3.63) is 12.1 Å². The zero-order chi connectivity index (χ0) is 11.7. The summed E-state index contributed by atoms with van der Waals surface area (Å²) in [7, 11) is 0. The van der Waals surface area contributed by atoms with Gasteiger partial charge in [0.2, 0.25) is 0 Å². The van der Waals surface area contributed by atoms with Crippen LogP contribution in [-0.4, -0.2) is 28.7 Å². The highest BCUT2D eigenvalue weighted by molar-refractivity contribution is 7.82. The summed E-state index contributed by atoms with van der Waals surface area (Å²) in [5.41, 5.74) is 0. The van der Waals surface area contributed by atoms with Gasteiger partial charge in [0.05, 0.1) is 0 Å². The predicted molar refractivity (Wildman–Crippen MR) is 57.9 cm³/mol. The zero-order valence-corrected chi connectivity index (χ0v) is 8.77. The number of anilines is 2. The summed E-state index contributed by atoms with van der Waals surface area (Å²) in [6.45, 7) is -0.0719. The van der Waals surface area contributed by atoms with E-state index in [1.54, 1.807) is 0 Å². The van der Waals surface area contributed by atoms with Crippen LogP contribution in [0.3, 0.4) is 0 Å². The fourth-order valence-corrected chi connectivity index (χ4v) is 1.28. The van der Waals surface area contributed by atoms with Crippen LogP contribution in [-0.2, 0) is 4.79 Å². The van der Waals surface area contributed by atoms with E-state index in [1.165, 1.54) is 12.1 Å². The molecule has 0 bridgehead atoms. The van der Waals surface area contributed by atoms with Crippen molar-refractivity contribution in [1.82, 2.24) is 4.98 Å². The van der Waals surface area contributed by atoms with Gasteiger partial charge in [-0.2, -0.15) is 0 Å². The van der Waals surface area contributed by atoms with Gasteiger partial charge in [0.15, 0.2) is 24.0 Å². The Hall–Kier alpha value is -1.96. The fraction of sp³-hybridized carbons (Fsp3) is 0.125. The molecule has 1 aromatic heterocycles. The lowest BCUT2D eigenvalue weighted by Gasteiger charge is -2.18. The zero-order valence-electron chi connectivity index (χ0n) is 7.88. The van der Waals surface area contributed by atoms with E-state index in [-0.39, 0.29) is 24.1 Å². The largest absolute Gasteiger partial charge is 0.480 e. The van der Waals surface area contributed by atoms with E-state index in [1.807, 2.05) is 0 Å². The summed E-state index contributed by atoms with van der Waals surface area (Å²) in [5, 5.41) is 11.1. The van der Waals surface area contributed by atoms with Crippen molar-refractivity contribution in [2.24, 2.45) is 0 Å². The number of pyridine rings is 1. The van der Waals surface area contributed by atoms with Crippen LogP contribution in [0, 0.1) is 0 Å². The molecule has 8 heteroatoms. The molecule has 16 heavy (non-hydrogen) atoms. The van der Waals surface area contributed by atoms with E-state index >= 15 is 0 Å². The molecule has 1 aliphatic rings. The predicted octanol–water partition coefficient (Wildman–Crippen LogP) is 0.742. The minimum atomic E-state index is -1.26. The van der Waals surface area contributed by atoms with E-state index in [2.05, 4.69) is 23.1 Å². The summed E-state index contributed by atoms with van der Waals surface area (Å²) in [4.78, 5) is 25.5. The van der Waals surface area contributed by atoms with Crippen LogP contribution in [0.25, 0.3) is 0 Å². The van der Waals surface area contributed by atoms with Gasteiger partial charge in [0.25, 0.3) is 5.91 Å². The number of carbonyl (C=O) groups is 2. The molecule has 1 aromatic rings. The molecule has 0 saturated heterocycles. The third kappa shape index (κ3) is 1.87. The van der Waals surface area contributed by atoms with Gasteiger partial charge in [-0.1, -0.05) is 12.8 Å². The number of hydrogen-bond acceptors (Lipinski definition) is 5. The average Bonchev–Trinajstić information content (AvgIpc) is 2.26. The smallest absolute Gasteiger partial charge is 0.423 e. The number of nitrogens with zero attached hydrogens (tertiary/aromatic N) is 2. The Morgan fingerprint density at radius 3 is 3.06 bits per heavy atom. The van der Waals surface area contributed by atoms with Gasteiger partial charge in [-0.15, -0.1) is 0 Å². The SMILES string of the molecule is O=C1COc2ccc(N(S)C(=O)O)nc2N1. The van der Waals surface area contributed by atoms with Crippen molar-refractivity contribution in [1.29, 1.82) is 0 Å². The second-order valence-electron chi connectivity index (χ2n) is 2.95. The molecule has 2 N–H and O–H groups in total. The molecule has 84 valence electrons. The summed E-state index contributed by atoms with van der Waals surface area (Å²) in [6, 6.07) is 2.95. The lowest BCUT2D eigenvalue weighted by molar-refractivity contribution is -0.118. The number of fused-ring (bicyclic) bond motifs is 1.